The molecule has 0 aliphatic heterocycles. The Labute approximate surface area is 136 Å². The molecule has 8 heteroatoms. The monoisotopic (exact) mass is 333 g/mol. The summed E-state index contributed by atoms with van der Waals surface area (Å²) in [6.45, 7) is -0.260. The van der Waals surface area contributed by atoms with Gasteiger partial charge in [0.05, 0.1) is 11.5 Å². The lowest BCUT2D eigenvalue weighted by Gasteiger charge is -2.07. The number of halogens is 1. The Balaban J connectivity index is 1.96. The molecule has 0 aromatic heterocycles. The highest BCUT2D eigenvalue weighted by atomic mass is 35.5. The van der Waals surface area contributed by atoms with Crippen molar-refractivity contribution in [2.75, 3.05) is 11.9 Å². The highest BCUT2D eigenvalue weighted by Gasteiger charge is 2.16. The molecule has 0 heterocycles. The van der Waals surface area contributed by atoms with Crippen molar-refractivity contribution in [3.05, 3.63) is 69.2 Å². The van der Waals surface area contributed by atoms with E-state index in [4.69, 9.17) is 11.6 Å². The molecule has 0 saturated heterocycles. The second-order valence-corrected chi connectivity index (χ2v) is 4.93. The van der Waals surface area contributed by atoms with Gasteiger partial charge >= 0.3 is 0 Å². The van der Waals surface area contributed by atoms with Gasteiger partial charge in [-0.3, -0.25) is 19.7 Å². The van der Waals surface area contributed by atoms with E-state index in [1.165, 1.54) is 12.1 Å². The molecule has 0 spiro atoms. The Kier molecular flexibility index (Phi) is 5.27. The van der Waals surface area contributed by atoms with Gasteiger partial charge in [-0.1, -0.05) is 29.8 Å². The third-order valence-electron chi connectivity index (χ3n) is 2.87. The van der Waals surface area contributed by atoms with Gasteiger partial charge in [-0.25, -0.2) is 0 Å². The summed E-state index contributed by atoms with van der Waals surface area (Å²) < 4.78 is 0. The Morgan fingerprint density at radius 2 is 1.83 bits per heavy atom. The third-order valence-corrected chi connectivity index (χ3v) is 3.19. The summed E-state index contributed by atoms with van der Waals surface area (Å²) in [4.78, 5) is 33.8. The molecule has 0 fully saturated rings. The highest BCUT2D eigenvalue weighted by molar-refractivity contribution is 6.32. The Bertz CT molecular complexity index is 750. The summed E-state index contributed by atoms with van der Waals surface area (Å²) in [5.74, 6) is -1.01. The van der Waals surface area contributed by atoms with E-state index in [0.29, 0.717) is 5.69 Å². The van der Waals surface area contributed by atoms with Crippen molar-refractivity contribution >= 4 is 34.8 Å². The van der Waals surface area contributed by atoms with E-state index in [2.05, 4.69) is 10.6 Å². The number of amides is 2. The number of carbonyl (C=O) groups is 2. The van der Waals surface area contributed by atoms with Crippen LogP contribution in [0.15, 0.2) is 48.5 Å². The second kappa shape index (κ2) is 7.37. The maximum atomic E-state index is 11.9. The van der Waals surface area contributed by atoms with Crippen molar-refractivity contribution in [1.82, 2.24) is 5.32 Å². The fourth-order valence-corrected chi connectivity index (χ4v) is 1.97. The van der Waals surface area contributed by atoms with Gasteiger partial charge in [0, 0.05) is 17.3 Å². The van der Waals surface area contributed by atoms with Crippen molar-refractivity contribution in [3.8, 4) is 0 Å². The Morgan fingerprint density at radius 1 is 1.13 bits per heavy atom. The molecule has 0 aliphatic carbocycles. The summed E-state index contributed by atoms with van der Waals surface area (Å²) in [7, 11) is 0. The van der Waals surface area contributed by atoms with Gasteiger partial charge in [-0.2, -0.15) is 0 Å². The second-order valence-electron chi connectivity index (χ2n) is 4.52. The van der Waals surface area contributed by atoms with Crippen LogP contribution in [0.1, 0.15) is 10.4 Å². The minimum Gasteiger partial charge on any atom is -0.343 e. The Hall–Kier alpha value is -2.93. The van der Waals surface area contributed by atoms with Gasteiger partial charge in [0.25, 0.3) is 11.6 Å². The van der Waals surface area contributed by atoms with Gasteiger partial charge < -0.3 is 10.6 Å². The normalized spacial score (nSPS) is 9.96. The molecule has 0 radical (unpaired) electrons. The van der Waals surface area contributed by atoms with Crippen LogP contribution >= 0.6 is 11.6 Å². The topological polar surface area (TPSA) is 101 Å². The van der Waals surface area contributed by atoms with E-state index in [1.54, 1.807) is 24.3 Å². The molecule has 0 saturated carbocycles. The number of carbonyl (C=O) groups excluding carboxylic acids is 2. The van der Waals surface area contributed by atoms with Crippen LogP contribution in [0, 0.1) is 10.1 Å². The van der Waals surface area contributed by atoms with Crippen molar-refractivity contribution in [2.45, 2.75) is 0 Å². The molecule has 0 aliphatic rings. The van der Waals surface area contributed by atoms with Crippen LogP contribution in [-0.2, 0) is 4.79 Å². The van der Waals surface area contributed by atoms with Crippen LogP contribution in [0.3, 0.4) is 0 Å². The molecule has 2 aromatic carbocycles. The van der Waals surface area contributed by atoms with Crippen molar-refractivity contribution in [1.29, 1.82) is 0 Å². The van der Waals surface area contributed by atoms with E-state index in [0.717, 1.165) is 6.07 Å². The van der Waals surface area contributed by atoms with Crippen molar-refractivity contribution in [3.63, 3.8) is 0 Å². The first-order chi connectivity index (χ1) is 11.0. The number of benzene rings is 2. The van der Waals surface area contributed by atoms with Gasteiger partial charge in [0.2, 0.25) is 5.91 Å². The highest BCUT2D eigenvalue weighted by Crippen LogP contribution is 2.24. The van der Waals surface area contributed by atoms with E-state index in [1.807, 2.05) is 6.07 Å². The van der Waals surface area contributed by atoms with Gasteiger partial charge in [0.1, 0.15) is 5.02 Å². The SMILES string of the molecule is O=C(CNC(=O)c1ccc(Cl)c([N+](=O)[O-])c1)Nc1ccccc1. The molecule has 0 unspecified atom stereocenters. The number of nitrogens with zero attached hydrogens (tertiary/aromatic N) is 1. The number of nitro benzene ring substituents is 1. The molecule has 118 valence electrons. The smallest absolute Gasteiger partial charge is 0.288 e. The van der Waals surface area contributed by atoms with Crippen LogP contribution < -0.4 is 10.6 Å². The molecule has 23 heavy (non-hydrogen) atoms. The first kappa shape index (κ1) is 16.4. The number of rotatable bonds is 5. The van der Waals surface area contributed by atoms with Gasteiger partial charge in [-0.05, 0) is 24.3 Å². The van der Waals surface area contributed by atoms with Crippen LogP contribution in [0.25, 0.3) is 0 Å². The zero-order valence-electron chi connectivity index (χ0n) is 11.8. The first-order valence-electron chi connectivity index (χ1n) is 6.54. The number of anilines is 1. The average molecular weight is 334 g/mol. The number of para-hydroxylation sites is 1. The van der Waals surface area contributed by atoms with E-state index in [-0.39, 0.29) is 22.8 Å². The zero-order valence-corrected chi connectivity index (χ0v) is 12.5. The molecular formula is C15H12ClN3O4. The van der Waals surface area contributed by atoms with Gasteiger partial charge in [-0.15, -0.1) is 0 Å². The molecule has 2 N–H and O–H groups in total. The molecule has 2 rings (SSSR count). The van der Waals surface area contributed by atoms with Crippen LogP contribution in [0.2, 0.25) is 5.02 Å². The molecule has 0 atom stereocenters. The molecule has 7 nitrogen and oxygen atoms in total. The predicted octanol–water partition coefficient (Wildman–Crippen LogP) is 2.62. The zero-order chi connectivity index (χ0) is 16.8. The summed E-state index contributed by atoms with van der Waals surface area (Å²) in [6.07, 6.45) is 0. The minimum atomic E-state index is -0.679. The number of nitrogens with one attached hydrogen (secondary N) is 2. The standard InChI is InChI=1S/C15H12ClN3O4/c16-12-7-6-10(8-13(12)19(22)23)15(21)17-9-14(20)18-11-4-2-1-3-5-11/h1-8H,9H2,(H,17,21)(H,18,20). The fourth-order valence-electron chi connectivity index (χ4n) is 1.78. The van der Waals surface area contributed by atoms with Gasteiger partial charge in [0.15, 0.2) is 0 Å². The lowest BCUT2D eigenvalue weighted by atomic mass is 10.2. The molecule has 2 amide bonds. The van der Waals surface area contributed by atoms with E-state index < -0.39 is 16.7 Å². The Morgan fingerprint density at radius 3 is 2.48 bits per heavy atom. The van der Waals surface area contributed by atoms with Crippen molar-refractivity contribution in [2.24, 2.45) is 0 Å². The summed E-state index contributed by atoms with van der Waals surface area (Å²) in [5.41, 5.74) is 0.288. The summed E-state index contributed by atoms with van der Waals surface area (Å²) in [5, 5.41) is 15.7. The van der Waals surface area contributed by atoms with Crippen LogP contribution in [0.4, 0.5) is 11.4 Å². The van der Waals surface area contributed by atoms with Crippen LogP contribution in [-0.4, -0.2) is 23.3 Å². The predicted molar refractivity (Wildman–Crippen MR) is 85.5 cm³/mol. The fraction of sp³-hybridized carbons (Fsp3) is 0.0667. The first-order valence-corrected chi connectivity index (χ1v) is 6.92. The quantitative estimate of drug-likeness (QED) is 0.648. The largest absolute Gasteiger partial charge is 0.343 e. The maximum absolute atomic E-state index is 11.9. The summed E-state index contributed by atoms with van der Waals surface area (Å²) >= 11 is 5.68. The number of nitro groups is 1. The minimum absolute atomic E-state index is 0.0496. The van der Waals surface area contributed by atoms with Crippen molar-refractivity contribution < 1.29 is 14.5 Å². The average Bonchev–Trinajstić information content (AvgIpc) is 2.53. The van der Waals surface area contributed by atoms with E-state index in [9.17, 15) is 19.7 Å². The van der Waals surface area contributed by atoms with Crippen LogP contribution in [0.5, 0.6) is 0 Å². The third kappa shape index (κ3) is 4.52. The molecule has 0 bridgehead atoms. The molecule has 2 aromatic rings. The summed E-state index contributed by atoms with van der Waals surface area (Å²) in [6, 6.07) is 12.4. The van der Waals surface area contributed by atoms with E-state index >= 15 is 0 Å². The number of hydrogen-bond donors (Lipinski definition) is 2. The lowest BCUT2D eigenvalue weighted by molar-refractivity contribution is -0.384. The molecular weight excluding hydrogens is 322 g/mol. The number of hydrogen-bond acceptors (Lipinski definition) is 4. The maximum Gasteiger partial charge on any atom is 0.288 e. The lowest BCUT2D eigenvalue weighted by Crippen LogP contribution is -2.32.